The third-order valence-corrected chi connectivity index (χ3v) is 7.17. The fourth-order valence-corrected chi connectivity index (χ4v) is 5.66. The van der Waals surface area contributed by atoms with Gasteiger partial charge in [0.25, 0.3) is 0 Å². The van der Waals surface area contributed by atoms with Crippen LogP contribution in [0.2, 0.25) is 5.02 Å². The number of hydrogen-bond acceptors (Lipinski definition) is 7. The molecule has 6 N–H and O–H groups in total. The number of phenolic OH excluding ortho intramolecular Hbond substituents is 1. The number of benzene rings is 2. The Kier molecular flexibility index (Phi) is 7.38. The van der Waals surface area contributed by atoms with Gasteiger partial charge in [-0.05, 0) is 12.1 Å². The van der Waals surface area contributed by atoms with Crippen LogP contribution in [0.3, 0.4) is 0 Å². The monoisotopic (exact) mass is 562 g/mol. The largest absolute Gasteiger partial charge is 0.524 e. The Morgan fingerprint density at radius 1 is 1.11 bits per heavy atom. The molecule has 1 aromatic heterocycles. The third kappa shape index (κ3) is 5.84. The highest BCUT2D eigenvalue weighted by Crippen LogP contribution is 2.50. The topological polar surface area (TPSA) is 188 Å². The van der Waals surface area contributed by atoms with Crippen molar-refractivity contribution in [1.82, 2.24) is 0 Å². The van der Waals surface area contributed by atoms with E-state index < -0.39 is 44.6 Å². The van der Waals surface area contributed by atoms with Gasteiger partial charge in [0.05, 0.1) is 18.6 Å². The lowest BCUT2D eigenvalue weighted by Gasteiger charge is -2.35. The molecule has 0 aliphatic carbocycles. The number of phenols is 1. The zero-order valence-corrected chi connectivity index (χ0v) is 21.2. The molecule has 1 fully saturated rings. The van der Waals surface area contributed by atoms with E-state index in [1.165, 1.54) is 0 Å². The van der Waals surface area contributed by atoms with Crippen LogP contribution in [0.25, 0.3) is 22.3 Å². The lowest BCUT2D eigenvalue weighted by Crippen LogP contribution is -3.11. The molecule has 0 saturated carbocycles. The first-order valence-corrected chi connectivity index (χ1v) is 14.1. The van der Waals surface area contributed by atoms with E-state index in [1.54, 1.807) is 31.3 Å². The first-order valence-electron chi connectivity index (χ1n) is 10.6. The summed E-state index contributed by atoms with van der Waals surface area (Å²) in [6.07, 6.45) is -0.936. The third-order valence-electron chi connectivity index (χ3n) is 5.86. The van der Waals surface area contributed by atoms with Crippen molar-refractivity contribution in [3.8, 4) is 22.8 Å². The molecule has 3 aromatic rings. The number of aromatic hydroxyl groups is 1. The number of likely N-dealkylation sites (N-methyl/N-ethyl adjacent to an activating group) is 1. The van der Waals surface area contributed by atoms with Crippen LogP contribution < -0.4 is 14.9 Å². The van der Waals surface area contributed by atoms with E-state index in [0.29, 0.717) is 12.1 Å². The molecule has 4 rings (SSSR count). The minimum absolute atomic E-state index is 0.00177. The van der Waals surface area contributed by atoms with Crippen LogP contribution in [0.1, 0.15) is 17.9 Å². The fraction of sp³-hybridized carbons (Fsp3) is 0.286. The number of likely N-dealkylation sites (tertiary alicyclic amines) is 1. The molecule has 1 saturated heterocycles. The summed E-state index contributed by atoms with van der Waals surface area (Å²) in [5, 5.41) is 10.5. The molecule has 0 amide bonds. The maximum absolute atomic E-state index is 13.1. The molecule has 3 atom stereocenters. The second-order valence-corrected chi connectivity index (χ2v) is 11.3. The number of rotatable bonds is 6. The average molecular weight is 563 g/mol. The normalized spacial score (nSPS) is 21.0. The zero-order chi connectivity index (χ0) is 26.4. The van der Waals surface area contributed by atoms with Crippen LogP contribution in [0.4, 0.5) is 0 Å². The van der Waals surface area contributed by atoms with Gasteiger partial charge in [-0.3, -0.25) is 19.1 Å². The molecule has 0 radical (unpaired) electrons. The molecule has 2 aromatic carbocycles. The van der Waals surface area contributed by atoms with Crippen molar-refractivity contribution in [3.05, 3.63) is 57.2 Å². The maximum Gasteiger partial charge on any atom is 0.524 e. The Morgan fingerprint density at radius 3 is 2.44 bits per heavy atom. The van der Waals surface area contributed by atoms with Crippen molar-refractivity contribution in [2.24, 2.45) is 0 Å². The van der Waals surface area contributed by atoms with Gasteiger partial charge < -0.3 is 28.7 Å². The molecule has 12 nitrogen and oxygen atoms in total. The van der Waals surface area contributed by atoms with Crippen LogP contribution in [-0.4, -0.2) is 50.9 Å². The molecular formula is C21H23ClNO11P2+. The number of phosphoric acid groups is 2. The molecule has 15 heteroatoms. The fourth-order valence-electron chi connectivity index (χ4n) is 4.45. The molecular weight excluding hydrogens is 540 g/mol. The van der Waals surface area contributed by atoms with E-state index in [0.717, 1.165) is 17.0 Å². The molecule has 2 heterocycles. The predicted molar refractivity (Wildman–Crippen MR) is 128 cm³/mol. The van der Waals surface area contributed by atoms with Gasteiger partial charge in [0.2, 0.25) is 0 Å². The van der Waals surface area contributed by atoms with Gasteiger partial charge in [0.15, 0.2) is 5.43 Å². The quantitative estimate of drug-likeness (QED) is 0.240. The highest BCUT2D eigenvalue weighted by atomic mass is 35.5. The van der Waals surface area contributed by atoms with Crippen molar-refractivity contribution in [1.29, 1.82) is 0 Å². The van der Waals surface area contributed by atoms with Crippen molar-refractivity contribution in [2.75, 3.05) is 20.1 Å². The minimum Gasteiger partial charge on any atom is -0.507 e. The second kappa shape index (κ2) is 9.90. The Bertz CT molecular complexity index is 1460. The Balaban J connectivity index is 2.05. The summed E-state index contributed by atoms with van der Waals surface area (Å²) >= 11 is 6.26. The number of nitrogens with one attached hydrogen (secondary N) is 1. The summed E-state index contributed by atoms with van der Waals surface area (Å²) in [7, 11) is -8.38. The van der Waals surface area contributed by atoms with Crippen LogP contribution >= 0.6 is 27.2 Å². The standard InChI is InChI=1S/C21H22ClNO11P2/c1-23-7-6-12(18(10-23)34-36(29,30)31)19-17(33-35(26,27)28)9-15(25)20-14(24)8-16(32-21(19)20)11-4-2-3-5-13(11)22/h2-5,8-9,12,18,25H,6-7,10H2,1H3,(H2,26,27,28)(H2,29,30,31)/p+1/t12-,18+/m0/s1. The average Bonchev–Trinajstić information content (AvgIpc) is 2.72. The van der Waals surface area contributed by atoms with Crippen LogP contribution in [0, 0.1) is 0 Å². The van der Waals surface area contributed by atoms with E-state index in [1.807, 2.05) is 0 Å². The maximum atomic E-state index is 13.1. The van der Waals surface area contributed by atoms with E-state index in [4.69, 9.17) is 25.1 Å². The summed E-state index contributed by atoms with van der Waals surface area (Å²) in [6.45, 7) is 0.597. The first kappa shape index (κ1) is 26.8. The Morgan fingerprint density at radius 2 is 1.81 bits per heavy atom. The van der Waals surface area contributed by atoms with Gasteiger partial charge in [0, 0.05) is 35.6 Å². The first-order chi connectivity index (χ1) is 16.7. The van der Waals surface area contributed by atoms with E-state index in [-0.39, 0.29) is 40.3 Å². The van der Waals surface area contributed by atoms with Gasteiger partial charge in [-0.15, -0.1) is 0 Å². The van der Waals surface area contributed by atoms with Crippen LogP contribution in [0.15, 0.2) is 45.6 Å². The van der Waals surface area contributed by atoms with Gasteiger partial charge >= 0.3 is 15.6 Å². The number of phosphoric ester groups is 2. The number of quaternary nitrogens is 1. The summed E-state index contributed by atoms with van der Waals surface area (Å²) < 4.78 is 39.4. The van der Waals surface area contributed by atoms with E-state index >= 15 is 0 Å². The van der Waals surface area contributed by atoms with Crippen molar-refractivity contribution in [2.45, 2.75) is 18.4 Å². The molecule has 0 bridgehead atoms. The van der Waals surface area contributed by atoms with Gasteiger partial charge in [-0.2, -0.15) is 0 Å². The Labute approximate surface area is 209 Å². The molecule has 1 aliphatic heterocycles. The van der Waals surface area contributed by atoms with Crippen molar-refractivity contribution >= 4 is 38.2 Å². The van der Waals surface area contributed by atoms with Crippen molar-refractivity contribution in [3.63, 3.8) is 0 Å². The molecule has 0 spiro atoms. The molecule has 1 aliphatic rings. The Hall–Kier alpha value is -2.24. The highest BCUT2D eigenvalue weighted by Gasteiger charge is 2.41. The van der Waals surface area contributed by atoms with Crippen LogP contribution in [-0.2, 0) is 13.7 Å². The molecule has 1 unspecified atom stereocenters. The minimum atomic E-state index is -5.18. The van der Waals surface area contributed by atoms with Gasteiger partial charge in [-0.25, -0.2) is 9.13 Å². The molecule has 36 heavy (non-hydrogen) atoms. The van der Waals surface area contributed by atoms with Crippen LogP contribution in [0.5, 0.6) is 11.5 Å². The van der Waals surface area contributed by atoms with Gasteiger partial charge in [-0.1, -0.05) is 23.7 Å². The lowest BCUT2D eigenvalue weighted by molar-refractivity contribution is -0.888. The van der Waals surface area contributed by atoms with E-state index in [9.17, 15) is 38.6 Å². The predicted octanol–water partition coefficient (Wildman–Crippen LogP) is 1.77. The van der Waals surface area contributed by atoms with Crippen molar-refractivity contribution < 1.29 is 52.2 Å². The highest BCUT2D eigenvalue weighted by molar-refractivity contribution is 7.46. The summed E-state index contributed by atoms with van der Waals surface area (Å²) in [5.41, 5.74) is -0.702. The summed E-state index contributed by atoms with van der Waals surface area (Å²) in [6, 6.07) is 8.44. The van der Waals surface area contributed by atoms with Gasteiger partial charge in [0.1, 0.15) is 40.9 Å². The SMILES string of the molecule is C[NH+]1CC[C@H](c2c(OP(=O)(O)O)cc(O)c3c(=O)cc(-c4ccccc4Cl)oc23)[C@H](OP(=O)(O)O)C1. The second-order valence-electron chi connectivity index (χ2n) is 8.49. The summed E-state index contributed by atoms with van der Waals surface area (Å²) in [4.78, 5) is 52.0. The van der Waals surface area contributed by atoms with E-state index in [2.05, 4.69) is 0 Å². The number of hydrogen-bond donors (Lipinski definition) is 6. The number of piperidine rings is 1. The zero-order valence-electron chi connectivity index (χ0n) is 18.7. The molecule has 194 valence electrons. The summed E-state index contributed by atoms with van der Waals surface area (Å²) in [5.74, 6) is -2.12. The number of fused-ring (bicyclic) bond motifs is 1. The number of halogens is 1. The lowest BCUT2D eigenvalue weighted by atomic mass is 9.85. The smallest absolute Gasteiger partial charge is 0.507 e.